The van der Waals surface area contributed by atoms with E-state index >= 15 is 0 Å². The molecule has 0 bridgehead atoms. The van der Waals surface area contributed by atoms with E-state index in [1.54, 1.807) is 0 Å². The third-order valence-corrected chi connectivity index (χ3v) is 1.38. The summed E-state index contributed by atoms with van der Waals surface area (Å²) in [7, 11) is 3.74. The van der Waals surface area contributed by atoms with Crippen LogP contribution in [0.3, 0.4) is 0 Å². The zero-order chi connectivity index (χ0) is 8.43. The highest BCUT2D eigenvalue weighted by Gasteiger charge is 2.20. The van der Waals surface area contributed by atoms with Crippen molar-refractivity contribution >= 4 is 28.9 Å². The summed E-state index contributed by atoms with van der Waals surface area (Å²) in [5.41, 5.74) is 0.486. The van der Waals surface area contributed by atoms with Gasteiger partial charge in [-0.1, -0.05) is 0 Å². The quantitative estimate of drug-likeness (QED) is 0.564. The fourth-order valence-corrected chi connectivity index (χ4v) is 0.980. The number of nitrogens with zero attached hydrogens (tertiary/aromatic N) is 2. The molecule has 0 fully saturated rings. The Bertz CT molecular complexity index is 234. The van der Waals surface area contributed by atoms with Crippen molar-refractivity contribution in [2.24, 2.45) is 4.99 Å². The van der Waals surface area contributed by atoms with Gasteiger partial charge in [-0.3, -0.25) is 10.1 Å². The first-order valence-corrected chi connectivity index (χ1v) is 3.58. The van der Waals surface area contributed by atoms with E-state index in [-0.39, 0.29) is 11.0 Å². The lowest BCUT2D eigenvalue weighted by molar-refractivity contribution is -0.113. The Hall–Kier alpha value is -0.810. The second kappa shape index (κ2) is 3.06. The van der Waals surface area contributed by atoms with E-state index in [0.717, 1.165) is 0 Å². The van der Waals surface area contributed by atoms with Gasteiger partial charge in [-0.05, 0) is 26.3 Å². The summed E-state index contributed by atoms with van der Waals surface area (Å²) in [6.07, 6.45) is 0. The lowest BCUT2D eigenvalue weighted by atomic mass is 10.3. The summed E-state index contributed by atoms with van der Waals surface area (Å²) in [5.74, 6) is -0.177. The maximum atomic E-state index is 11.0. The molecular weight excluding hydrogens is 162 g/mol. The molecular formula is C6H9N3OS. The second-order valence-electron chi connectivity index (χ2n) is 2.56. The lowest BCUT2D eigenvalue weighted by Gasteiger charge is -2.06. The van der Waals surface area contributed by atoms with E-state index in [9.17, 15) is 4.79 Å². The van der Waals surface area contributed by atoms with Gasteiger partial charge in [0.05, 0.1) is 0 Å². The zero-order valence-electron chi connectivity index (χ0n) is 6.42. The molecule has 1 aliphatic rings. The number of carbonyl (C=O) groups excluding carboxylic acids is 1. The molecule has 0 unspecified atom stereocenters. The van der Waals surface area contributed by atoms with Crippen LogP contribution in [0.4, 0.5) is 0 Å². The van der Waals surface area contributed by atoms with Crippen LogP contribution in [0.1, 0.15) is 0 Å². The molecule has 1 rings (SSSR count). The average Bonchev–Trinajstić information content (AvgIpc) is 2.09. The van der Waals surface area contributed by atoms with Crippen molar-refractivity contribution in [3.63, 3.8) is 0 Å². The summed E-state index contributed by atoms with van der Waals surface area (Å²) in [6, 6.07) is 0. The number of nitrogens with one attached hydrogen (secondary N) is 1. The van der Waals surface area contributed by atoms with E-state index in [4.69, 9.17) is 0 Å². The predicted molar refractivity (Wildman–Crippen MR) is 46.7 cm³/mol. The maximum Gasteiger partial charge on any atom is 0.273 e. The second-order valence-corrected chi connectivity index (χ2v) is 2.94. The molecule has 1 N–H and O–H groups in total. The number of thiocarbonyl (C=S) groups is 1. The fourth-order valence-electron chi connectivity index (χ4n) is 0.777. The molecule has 0 atom stereocenters. The fraction of sp³-hybridized carbons (Fsp3) is 0.500. The van der Waals surface area contributed by atoms with Crippen molar-refractivity contribution < 1.29 is 4.79 Å². The monoisotopic (exact) mass is 171 g/mol. The highest BCUT2D eigenvalue weighted by Crippen LogP contribution is 1.93. The number of carbonyl (C=O) groups is 1. The molecule has 0 aromatic carbocycles. The van der Waals surface area contributed by atoms with Crippen molar-refractivity contribution in [1.29, 1.82) is 0 Å². The first kappa shape index (κ1) is 8.29. The van der Waals surface area contributed by atoms with Crippen molar-refractivity contribution in [2.75, 3.05) is 20.6 Å². The Balaban J connectivity index is 2.64. The van der Waals surface area contributed by atoms with Gasteiger partial charge >= 0.3 is 0 Å². The lowest BCUT2D eigenvalue weighted by Crippen LogP contribution is -2.31. The van der Waals surface area contributed by atoms with E-state index in [2.05, 4.69) is 22.5 Å². The van der Waals surface area contributed by atoms with Crippen LogP contribution in [-0.4, -0.2) is 42.3 Å². The molecule has 1 heterocycles. The summed E-state index contributed by atoms with van der Waals surface area (Å²) >= 11 is 4.69. The van der Waals surface area contributed by atoms with E-state index in [0.29, 0.717) is 12.3 Å². The molecule has 4 nitrogen and oxygen atoms in total. The molecule has 0 aromatic rings. The molecule has 0 aromatic heterocycles. The maximum absolute atomic E-state index is 11.0. The van der Waals surface area contributed by atoms with Crippen LogP contribution < -0.4 is 5.32 Å². The standard InChI is InChI=1S/C6H9N3OS/c1-9(2)3-4-5(10)8-6(11)7-4/h3H2,1-2H3,(H,8,10,11). The Labute approximate surface area is 70.3 Å². The van der Waals surface area contributed by atoms with Gasteiger partial charge < -0.3 is 4.90 Å². The molecule has 1 amide bonds. The van der Waals surface area contributed by atoms with E-state index in [1.807, 2.05) is 19.0 Å². The van der Waals surface area contributed by atoms with Crippen molar-refractivity contribution in [3.8, 4) is 0 Å². The van der Waals surface area contributed by atoms with Crippen LogP contribution in [-0.2, 0) is 4.79 Å². The molecule has 5 heteroatoms. The minimum absolute atomic E-state index is 0.177. The van der Waals surface area contributed by atoms with Gasteiger partial charge in [0.1, 0.15) is 5.71 Å². The van der Waals surface area contributed by atoms with Crippen LogP contribution in [0.2, 0.25) is 0 Å². The largest absolute Gasteiger partial charge is 0.303 e. The topological polar surface area (TPSA) is 44.7 Å². The Morgan fingerprint density at radius 2 is 2.27 bits per heavy atom. The van der Waals surface area contributed by atoms with Crippen LogP contribution in [0.15, 0.2) is 4.99 Å². The molecule has 0 aliphatic carbocycles. The molecule has 0 saturated carbocycles. The Morgan fingerprint density at radius 3 is 2.64 bits per heavy atom. The smallest absolute Gasteiger partial charge is 0.273 e. The van der Waals surface area contributed by atoms with Gasteiger partial charge in [-0.2, -0.15) is 0 Å². The van der Waals surface area contributed by atoms with Gasteiger partial charge in [-0.25, -0.2) is 4.99 Å². The summed E-state index contributed by atoms with van der Waals surface area (Å²) in [4.78, 5) is 16.7. The highest BCUT2D eigenvalue weighted by molar-refractivity contribution is 7.80. The van der Waals surface area contributed by atoms with E-state index in [1.165, 1.54) is 0 Å². The third-order valence-electron chi connectivity index (χ3n) is 1.19. The Morgan fingerprint density at radius 1 is 1.64 bits per heavy atom. The van der Waals surface area contributed by atoms with E-state index < -0.39 is 0 Å². The number of rotatable bonds is 2. The predicted octanol–water partition coefficient (Wildman–Crippen LogP) is -0.596. The third kappa shape index (κ3) is 2.06. The van der Waals surface area contributed by atoms with Crippen LogP contribution in [0, 0.1) is 0 Å². The normalized spacial score (nSPS) is 17.2. The molecule has 0 spiro atoms. The molecule has 0 saturated heterocycles. The van der Waals surface area contributed by atoms with Gasteiger partial charge in [0.2, 0.25) is 0 Å². The van der Waals surface area contributed by atoms with Gasteiger partial charge in [-0.15, -0.1) is 0 Å². The Kier molecular flexibility index (Phi) is 2.31. The SMILES string of the molecule is CN(C)CC1=NC(=S)NC1=O. The van der Waals surface area contributed by atoms with Crippen molar-refractivity contribution in [2.45, 2.75) is 0 Å². The van der Waals surface area contributed by atoms with Gasteiger partial charge in [0.15, 0.2) is 5.11 Å². The minimum Gasteiger partial charge on any atom is -0.303 e. The number of hydrogen-bond donors (Lipinski definition) is 1. The summed E-state index contributed by atoms with van der Waals surface area (Å²) < 4.78 is 0. The molecule has 0 radical (unpaired) electrons. The average molecular weight is 171 g/mol. The minimum atomic E-state index is -0.177. The molecule has 11 heavy (non-hydrogen) atoms. The summed E-state index contributed by atoms with van der Waals surface area (Å²) in [5, 5.41) is 2.70. The zero-order valence-corrected chi connectivity index (χ0v) is 7.23. The number of aliphatic imine (C=N–C) groups is 1. The summed E-state index contributed by atoms with van der Waals surface area (Å²) in [6.45, 7) is 0.534. The number of hydrogen-bond acceptors (Lipinski definition) is 3. The molecule has 60 valence electrons. The number of amides is 1. The first-order chi connectivity index (χ1) is 5.09. The van der Waals surface area contributed by atoms with Crippen LogP contribution in [0.5, 0.6) is 0 Å². The molecule has 1 aliphatic heterocycles. The van der Waals surface area contributed by atoms with Gasteiger partial charge in [0.25, 0.3) is 5.91 Å². The van der Waals surface area contributed by atoms with Crippen molar-refractivity contribution in [1.82, 2.24) is 10.2 Å². The first-order valence-electron chi connectivity index (χ1n) is 3.17. The van der Waals surface area contributed by atoms with Crippen LogP contribution >= 0.6 is 12.2 Å². The van der Waals surface area contributed by atoms with Crippen LogP contribution in [0.25, 0.3) is 0 Å². The highest BCUT2D eigenvalue weighted by atomic mass is 32.1. The van der Waals surface area contributed by atoms with Gasteiger partial charge in [0, 0.05) is 6.54 Å². The van der Waals surface area contributed by atoms with Crippen molar-refractivity contribution in [3.05, 3.63) is 0 Å².